The Hall–Kier alpha value is -2.19. The monoisotopic (exact) mass is 351 g/mol. The van der Waals surface area contributed by atoms with Gasteiger partial charge >= 0.3 is 12.1 Å². The van der Waals surface area contributed by atoms with Crippen molar-refractivity contribution in [3.05, 3.63) is 29.3 Å². The summed E-state index contributed by atoms with van der Waals surface area (Å²) in [7, 11) is 0. The van der Waals surface area contributed by atoms with E-state index in [2.05, 4.69) is 0 Å². The first-order valence-corrected chi connectivity index (χ1v) is 7.09. The molecule has 0 aromatic heterocycles. The number of aliphatic carboxylic acids is 1. The Morgan fingerprint density at radius 3 is 2.38 bits per heavy atom. The van der Waals surface area contributed by atoms with Crippen molar-refractivity contribution in [3.8, 4) is 0 Å². The lowest BCUT2D eigenvalue weighted by Gasteiger charge is -2.23. The highest BCUT2D eigenvalue weighted by Gasteiger charge is 2.42. The van der Waals surface area contributed by atoms with Gasteiger partial charge in [0.1, 0.15) is 0 Å². The molecule has 0 radical (unpaired) electrons. The van der Waals surface area contributed by atoms with Crippen molar-refractivity contribution < 1.29 is 36.6 Å². The van der Waals surface area contributed by atoms with Crippen molar-refractivity contribution in [2.45, 2.75) is 31.4 Å². The van der Waals surface area contributed by atoms with Gasteiger partial charge in [-0.15, -0.1) is 0 Å². The topological polar surface area (TPSA) is 57.6 Å². The van der Waals surface area contributed by atoms with E-state index in [-0.39, 0.29) is 12.1 Å². The van der Waals surface area contributed by atoms with Gasteiger partial charge in [-0.05, 0) is 18.2 Å². The van der Waals surface area contributed by atoms with Gasteiger partial charge in [0.05, 0.1) is 18.5 Å². The van der Waals surface area contributed by atoms with E-state index in [1.165, 1.54) is 0 Å². The van der Waals surface area contributed by atoms with Crippen molar-refractivity contribution in [1.82, 2.24) is 0 Å². The zero-order valence-corrected chi connectivity index (χ0v) is 12.4. The number of Topliss-reactive ketones (excluding diaryl/α,β-unsaturated/α-hetero) is 1. The zero-order chi connectivity index (χ0) is 18.1. The van der Waals surface area contributed by atoms with Gasteiger partial charge in [0, 0.05) is 30.6 Å². The van der Waals surface area contributed by atoms with Crippen LogP contribution < -0.4 is 4.90 Å². The number of hydrogen-bond donors (Lipinski definition) is 1. The average Bonchev–Trinajstić information content (AvgIpc) is 2.83. The van der Waals surface area contributed by atoms with Gasteiger partial charge in [0.2, 0.25) is 0 Å². The van der Waals surface area contributed by atoms with Crippen LogP contribution in [-0.4, -0.2) is 35.9 Å². The third-order valence-electron chi connectivity index (χ3n) is 3.70. The smallest absolute Gasteiger partial charge is 0.418 e. The largest absolute Gasteiger partial charge is 0.481 e. The molecule has 1 saturated heterocycles. The Morgan fingerprint density at radius 1 is 1.21 bits per heavy atom. The zero-order valence-electron chi connectivity index (χ0n) is 12.4. The van der Waals surface area contributed by atoms with E-state index in [0.29, 0.717) is 6.07 Å². The molecule has 4 nitrogen and oxygen atoms in total. The molecular weight excluding hydrogens is 337 g/mol. The fourth-order valence-electron chi connectivity index (χ4n) is 2.52. The summed E-state index contributed by atoms with van der Waals surface area (Å²) in [6.07, 6.45) is -6.30. The molecule has 1 aromatic carbocycles. The van der Waals surface area contributed by atoms with E-state index in [1.807, 2.05) is 0 Å². The van der Waals surface area contributed by atoms with Gasteiger partial charge in [-0.1, -0.05) is 0 Å². The average molecular weight is 351 g/mol. The van der Waals surface area contributed by atoms with Crippen molar-refractivity contribution >= 4 is 17.4 Å². The number of carbonyl (C=O) groups is 2. The van der Waals surface area contributed by atoms with E-state index in [1.54, 1.807) is 0 Å². The van der Waals surface area contributed by atoms with Crippen molar-refractivity contribution in [3.63, 3.8) is 0 Å². The Balaban J connectivity index is 2.33. The van der Waals surface area contributed by atoms with Crippen LogP contribution in [0.4, 0.5) is 27.6 Å². The number of ketones is 1. The summed E-state index contributed by atoms with van der Waals surface area (Å²) in [5, 5.41) is 8.52. The van der Waals surface area contributed by atoms with Crippen LogP contribution in [-0.2, 0) is 11.0 Å². The van der Waals surface area contributed by atoms with Crippen LogP contribution in [0.5, 0.6) is 0 Å². The van der Waals surface area contributed by atoms with Crippen LogP contribution in [0.1, 0.15) is 35.2 Å². The van der Waals surface area contributed by atoms with Gasteiger partial charge in [-0.2, -0.15) is 13.2 Å². The molecule has 1 N–H and O–H groups in total. The highest BCUT2D eigenvalue weighted by Crippen LogP contribution is 2.40. The number of nitrogens with zero attached hydrogens (tertiary/aromatic N) is 1. The molecule has 0 atom stereocenters. The summed E-state index contributed by atoms with van der Waals surface area (Å²) in [4.78, 5) is 23.2. The third kappa shape index (κ3) is 4.21. The number of carboxylic acid groups (broad SMARTS) is 1. The Bertz CT molecular complexity index is 657. The lowest BCUT2D eigenvalue weighted by Crippen LogP contribution is -2.27. The summed E-state index contributed by atoms with van der Waals surface area (Å²) < 4.78 is 66.2. The Morgan fingerprint density at radius 2 is 1.88 bits per heavy atom. The van der Waals surface area contributed by atoms with Crippen molar-refractivity contribution in [1.29, 1.82) is 0 Å². The lowest BCUT2D eigenvalue weighted by atomic mass is 10.0. The summed E-state index contributed by atoms with van der Waals surface area (Å²) >= 11 is 0. The normalized spacial score (nSPS) is 17.1. The fourth-order valence-corrected chi connectivity index (χ4v) is 2.52. The lowest BCUT2D eigenvalue weighted by molar-refractivity contribution is -0.138. The van der Waals surface area contributed by atoms with Crippen LogP contribution in [0.3, 0.4) is 0 Å². The molecule has 1 heterocycles. The molecule has 0 saturated carbocycles. The van der Waals surface area contributed by atoms with Crippen LogP contribution in [0.25, 0.3) is 0 Å². The predicted octanol–water partition coefficient (Wildman–Crippen LogP) is 3.60. The minimum atomic E-state index is -4.82. The molecule has 24 heavy (non-hydrogen) atoms. The maximum absolute atomic E-state index is 13.3. The molecule has 1 aromatic rings. The number of carboxylic acids is 1. The van der Waals surface area contributed by atoms with Gasteiger partial charge in [0.15, 0.2) is 5.78 Å². The summed E-state index contributed by atoms with van der Waals surface area (Å²) in [5.41, 5.74) is -1.88. The maximum atomic E-state index is 13.3. The molecule has 1 aliphatic rings. The molecule has 132 valence electrons. The number of alkyl halides is 5. The van der Waals surface area contributed by atoms with Gasteiger partial charge < -0.3 is 10.0 Å². The molecule has 0 amide bonds. The molecule has 1 fully saturated rings. The first-order valence-electron chi connectivity index (χ1n) is 7.09. The number of hydrogen-bond acceptors (Lipinski definition) is 3. The van der Waals surface area contributed by atoms with Crippen LogP contribution in [0.15, 0.2) is 18.2 Å². The number of rotatable bonds is 5. The minimum Gasteiger partial charge on any atom is -0.481 e. The maximum Gasteiger partial charge on any atom is 0.418 e. The quantitative estimate of drug-likeness (QED) is 0.651. The Kier molecular flexibility index (Phi) is 4.82. The van der Waals surface area contributed by atoms with Gasteiger partial charge in [0.25, 0.3) is 5.92 Å². The predicted molar refractivity (Wildman–Crippen MR) is 74.4 cm³/mol. The summed E-state index contributed by atoms with van der Waals surface area (Å²) in [6.45, 7) is -1.04. The first-order chi connectivity index (χ1) is 11.0. The summed E-state index contributed by atoms with van der Waals surface area (Å²) in [5.74, 6) is -5.05. The first kappa shape index (κ1) is 18.2. The molecule has 0 aliphatic carbocycles. The third-order valence-corrected chi connectivity index (χ3v) is 3.70. The second-order valence-electron chi connectivity index (χ2n) is 5.57. The second kappa shape index (κ2) is 6.37. The number of anilines is 1. The van der Waals surface area contributed by atoms with Crippen LogP contribution in [0.2, 0.25) is 0 Å². The van der Waals surface area contributed by atoms with Crippen LogP contribution in [0, 0.1) is 0 Å². The van der Waals surface area contributed by atoms with E-state index in [0.717, 1.165) is 17.0 Å². The molecule has 0 unspecified atom stereocenters. The molecular formula is C15H14F5NO3. The standard InChI is InChI=1S/C15H14F5NO3/c16-14(17)5-6-21(8-14)11-2-1-9(7-10(11)15(18,19)20)12(22)3-4-13(23)24/h1-2,7H,3-6,8H2,(H,23,24). The van der Waals surface area contributed by atoms with E-state index in [9.17, 15) is 31.5 Å². The molecule has 0 bridgehead atoms. The van der Waals surface area contributed by atoms with Crippen LogP contribution >= 0.6 is 0 Å². The second-order valence-corrected chi connectivity index (χ2v) is 5.57. The molecule has 9 heteroatoms. The SMILES string of the molecule is O=C(O)CCC(=O)c1ccc(N2CCC(F)(F)C2)c(C(F)(F)F)c1. The van der Waals surface area contributed by atoms with Crippen molar-refractivity contribution in [2.24, 2.45) is 0 Å². The Labute approximate surface area is 133 Å². The van der Waals surface area contributed by atoms with E-state index in [4.69, 9.17) is 5.11 Å². The van der Waals surface area contributed by atoms with Gasteiger partial charge in [-0.25, -0.2) is 8.78 Å². The highest BCUT2D eigenvalue weighted by molar-refractivity contribution is 5.98. The molecule has 2 rings (SSSR count). The molecule has 1 aliphatic heterocycles. The minimum absolute atomic E-state index is 0.220. The highest BCUT2D eigenvalue weighted by atomic mass is 19.4. The fraction of sp³-hybridized carbons (Fsp3) is 0.467. The van der Waals surface area contributed by atoms with E-state index >= 15 is 0 Å². The number of benzene rings is 1. The number of carbonyl (C=O) groups excluding carboxylic acids is 1. The van der Waals surface area contributed by atoms with Gasteiger partial charge in [-0.3, -0.25) is 9.59 Å². The van der Waals surface area contributed by atoms with E-state index < -0.39 is 60.9 Å². The summed E-state index contributed by atoms with van der Waals surface area (Å²) in [6, 6.07) is 2.68. The van der Waals surface area contributed by atoms with Crippen molar-refractivity contribution in [2.75, 3.05) is 18.0 Å². The number of halogens is 5. The molecule has 0 spiro atoms.